The van der Waals surface area contributed by atoms with Crippen LogP contribution in [-0.2, 0) is 20.8 Å². The molecule has 5 nitrogen and oxygen atoms in total. The van der Waals surface area contributed by atoms with Gasteiger partial charge in [0.05, 0.1) is 31.5 Å². The van der Waals surface area contributed by atoms with Gasteiger partial charge in [0.2, 0.25) is 0 Å². The number of nitrogens with zero attached hydrogens (tertiary/aromatic N) is 1. The SMILES string of the molecule is COC[C@H]1C[C@H]2C[C@@H](OC)[C@H](N(C)Cc3cccc(F)c3)[C@]2(O)CO1. The van der Waals surface area contributed by atoms with Gasteiger partial charge in [-0.1, -0.05) is 12.1 Å². The normalized spacial score (nSPS) is 35.1. The predicted octanol–water partition coefficient (Wildman–Crippen LogP) is 1.83. The molecule has 1 aliphatic carbocycles. The van der Waals surface area contributed by atoms with Crippen molar-refractivity contribution in [2.45, 2.75) is 43.2 Å². The minimum atomic E-state index is -0.965. The lowest BCUT2D eigenvalue weighted by molar-refractivity contribution is -0.179. The van der Waals surface area contributed by atoms with Gasteiger partial charge in [-0.05, 0) is 43.5 Å². The summed E-state index contributed by atoms with van der Waals surface area (Å²) in [4.78, 5) is 2.06. The van der Waals surface area contributed by atoms with Gasteiger partial charge in [0, 0.05) is 20.8 Å². The van der Waals surface area contributed by atoms with Gasteiger partial charge in [0.1, 0.15) is 11.4 Å². The van der Waals surface area contributed by atoms with Crippen molar-refractivity contribution in [2.75, 3.05) is 34.5 Å². The molecule has 1 heterocycles. The number of rotatable bonds is 6. The Morgan fingerprint density at radius 2 is 2.16 bits per heavy atom. The van der Waals surface area contributed by atoms with Gasteiger partial charge in [0.25, 0.3) is 0 Å². The Morgan fingerprint density at radius 3 is 2.84 bits per heavy atom. The fraction of sp³-hybridized carbons (Fsp3) is 0.684. The number of fused-ring (bicyclic) bond motifs is 1. The Kier molecular flexibility index (Phi) is 5.75. The molecule has 1 saturated carbocycles. The number of ether oxygens (including phenoxy) is 3. The summed E-state index contributed by atoms with van der Waals surface area (Å²) in [5.41, 5.74) is -0.0918. The average Bonchev–Trinajstić information content (AvgIpc) is 2.87. The van der Waals surface area contributed by atoms with E-state index in [1.165, 1.54) is 12.1 Å². The number of benzene rings is 1. The van der Waals surface area contributed by atoms with Crippen LogP contribution in [0.15, 0.2) is 24.3 Å². The Morgan fingerprint density at radius 1 is 1.36 bits per heavy atom. The van der Waals surface area contributed by atoms with Crippen molar-refractivity contribution in [3.63, 3.8) is 0 Å². The van der Waals surface area contributed by atoms with E-state index in [9.17, 15) is 9.50 Å². The fourth-order valence-electron chi connectivity index (χ4n) is 4.53. The third-order valence-electron chi connectivity index (χ3n) is 5.64. The van der Waals surface area contributed by atoms with E-state index < -0.39 is 5.60 Å². The summed E-state index contributed by atoms with van der Waals surface area (Å²) < 4.78 is 30.2. The van der Waals surface area contributed by atoms with E-state index in [4.69, 9.17) is 14.2 Å². The molecule has 25 heavy (non-hydrogen) atoms. The zero-order chi connectivity index (χ0) is 18.0. The number of hydrogen-bond donors (Lipinski definition) is 1. The first-order valence-electron chi connectivity index (χ1n) is 8.78. The number of halogens is 1. The molecule has 1 N–H and O–H groups in total. The summed E-state index contributed by atoms with van der Waals surface area (Å²) >= 11 is 0. The standard InChI is InChI=1S/C19H28FNO4/c1-21(10-13-5-4-6-15(20)7-13)18-17(24-3)9-14-8-16(11-23-2)25-12-19(14,18)22/h4-7,14,16-18,22H,8-12H2,1-3H3/t14-,16+,17+,18-,19-/m0/s1. The van der Waals surface area contributed by atoms with E-state index in [2.05, 4.69) is 4.90 Å². The molecule has 2 aliphatic rings. The molecular weight excluding hydrogens is 325 g/mol. The van der Waals surface area contributed by atoms with Crippen LogP contribution in [0.5, 0.6) is 0 Å². The lowest BCUT2D eigenvalue weighted by Crippen LogP contribution is -2.60. The highest BCUT2D eigenvalue weighted by atomic mass is 19.1. The summed E-state index contributed by atoms with van der Waals surface area (Å²) in [5.74, 6) is -0.146. The summed E-state index contributed by atoms with van der Waals surface area (Å²) in [5, 5.41) is 11.4. The maximum Gasteiger partial charge on any atom is 0.123 e. The zero-order valence-corrected chi connectivity index (χ0v) is 15.2. The van der Waals surface area contributed by atoms with Gasteiger partial charge >= 0.3 is 0 Å². The van der Waals surface area contributed by atoms with Crippen molar-refractivity contribution >= 4 is 0 Å². The molecule has 6 heteroatoms. The van der Waals surface area contributed by atoms with Crippen LogP contribution in [0.3, 0.4) is 0 Å². The average molecular weight is 353 g/mol. The number of hydrogen-bond acceptors (Lipinski definition) is 5. The molecule has 0 amide bonds. The van der Waals surface area contributed by atoms with Crippen LogP contribution < -0.4 is 0 Å². The van der Waals surface area contributed by atoms with E-state index >= 15 is 0 Å². The van der Waals surface area contributed by atoms with Crippen LogP contribution in [-0.4, -0.2) is 68.3 Å². The van der Waals surface area contributed by atoms with Crippen LogP contribution in [0.2, 0.25) is 0 Å². The lowest BCUT2D eigenvalue weighted by atomic mass is 9.82. The maximum atomic E-state index is 13.5. The molecular formula is C19H28FNO4. The Labute approximate surface area is 148 Å². The highest BCUT2D eigenvalue weighted by Crippen LogP contribution is 2.46. The third-order valence-corrected chi connectivity index (χ3v) is 5.64. The maximum absolute atomic E-state index is 13.5. The molecule has 140 valence electrons. The van der Waals surface area contributed by atoms with Gasteiger partial charge in [-0.2, -0.15) is 0 Å². The quantitative estimate of drug-likeness (QED) is 0.846. The molecule has 2 fully saturated rings. The Balaban J connectivity index is 1.76. The first-order chi connectivity index (χ1) is 12.0. The van der Waals surface area contributed by atoms with Gasteiger partial charge < -0.3 is 19.3 Å². The van der Waals surface area contributed by atoms with E-state index in [1.54, 1.807) is 20.3 Å². The zero-order valence-electron chi connectivity index (χ0n) is 15.2. The highest BCUT2D eigenvalue weighted by Gasteiger charge is 2.58. The molecule has 0 radical (unpaired) electrons. The molecule has 0 spiro atoms. The molecule has 0 bridgehead atoms. The molecule has 1 saturated heterocycles. The van der Waals surface area contributed by atoms with Gasteiger partial charge in [-0.15, -0.1) is 0 Å². The molecule has 1 aliphatic heterocycles. The largest absolute Gasteiger partial charge is 0.385 e. The van der Waals surface area contributed by atoms with E-state index in [1.807, 2.05) is 13.1 Å². The number of aliphatic hydroxyl groups is 1. The molecule has 1 aromatic rings. The summed E-state index contributed by atoms with van der Waals surface area (Å²) in [6.45, 7) is 1.34. The van der Waals surface area contributed by atoms with Crippen molar-refractivity contribution in [3.8, 4) is 0 Å². The number of methoxy groups -OCH3 is 2. The van der Waals surface area contributed by atoms with Crippen LogP contribution in [0.1, 0.15) is 18.4 Å². The van der Waals surface area contributed by atoms with Crippen LogP contribution in [0.4, 0.5) is 4.39 Å². The van der Waals surface area contributed by atoms with Gasteiger partial charge in [-0.3, -0.25) is 4.90 Å². The van der Waals surface area contributed by atoms with Crippen LogP contribution >= 0.6 is 0 Å². The van der Waals surface area contributed by atoms with Crippen molar-refractivity contribution in [2.24, 2.45) is 5.92 Å². The first kappa shape index (κ1) is 18.7. The van der Waals surface area contributed by atoms with Gasteiger partial charge in [0.15, 0.2) is 0 Å². The van der Waals surface area contributed by atoms with Crippen molar-refractivity contribution < 1.29 is 23.7 Å². The molecule has 1 aromatic carbocycles. The van der Waals surface area contributed by atoms with E-state index in [-0.39, 0.29) is 36.6 Å². The molecule has 0 unspecified atom stereocenters. The minimum absolute atomic E-state index is 0.0139. The van der Waals surface area contributed by atoms with E-state index in [0.717, 1.165) is 18.4 Å². The van der Waals surface area contributed by atoms with Crippen molar-refractivity contribution in [1.29, 1.82) is 0 Å². The topological polar surface area (TPSA) is 51.2 Å². The lowest BCUT2D eigenvalue weighted by Gasteiger charge is -2.44. The molecule has 3 rings (SSSR count). The summed E-state index contributed by atoms with van der Waals surface area (Å²) in [6.07, 6.45) is 1.47. The minimum Gasteiger partial charge on any atom is -0.385 e. The second kappa shape index (κ2) is 7.68. The smallest absolute Gasteiger partial charge is 0.123 e. The third kappa shape index (κ3) is 3.73. The Bertz CT molecular complexity index is 586. The van der Waals surface area contributed by atoms with Crippen LogP contribution in [0.25, 0.3) is 0 Å². The summed E-state index contributed by atoms with van der Waals surface area (Å²) in [6, 6.07) is 6.36. The monoisotopic (exact) mass is 353 g/mol. The van der Waals surface area contributed by atoms with Crippen molar-refractivity contribution in [1.82, 2.24) is 4.90 Å². The summed E-state index contributed by atoms with van der Waals surface area (Å²) in [7, 11) is 5.29. The second-order valence-electron chi connectivity index (χ2n) is 7.31. The molecule has 5 atom stereocenters. The Hall–Kier alpha value is -1.05. The fourth-order valence-corrected chi connectivity index (χ4v) is 4.53. The number of likely N-dealkylation sites (N-methyl/N-ethyl adjacent to an activating group) is 1. The van der Waals surface area contributed by atoms with E-state index in [0.29, 0.717) is 13.2 Å². The first-order valence-corrected chi connectivity index (χ1v) is 8.78. The van der Waals surface area contributed by atoms with Gasteiger partial charge in [-0.25, -0.2) is 4.39 Å². The predicted molar refractivity (Wildman–Crippen MR) is 91.7 cm³/mol. The second-order valence-corrected chi connectivity index (χ2v) is 7.31. The van der Waals surface area contributed by atoms with Crippen LogP contribution in [0, 0.1) is 11.7 Å². The molecule has 0 aromatic heterocycles. The highest BCUT2D eigenvalue weighted by molar-refractivity contribution is 5.18. The van der Waals surface area contributed by atoms with Crippen molar-refractivity contribution in [3.05, 3.63) is 35.6 Å².